The van der Waals surface area contributed by atoms with Gasteiger partial charge in [0, 0.05) is 32.4 Å². The SMILES string of the molecule is O=C(O)C1CCCn2c1cnc2CC1CCCOC1. The molecule has 0 saturated carbocycles. The maximum absolute atomic E-state index is 11.3. The van der Waals surface area contributed by atoms with E-state index in [2.05, 4.69) is 9.55 Å². The van der Waals surface area contributed by atoms with Gasteiger partial charge < -0.3 is 14.4 Å². The summed E-state index contributed by atoms with van der Waals surface area (Å²) in [5.41, 5.74) is 0.880. The zero-order valence-corrected chi connectivity index (χ0v) is 11.0. The maximum atomic E-state index is 11.3. The number of hydrogen-bond acceptors (Lipinski definition) is 3. The van der Waals surface area contributed by atoms with Crippen LogP contribution in [0.3, 0.4) is 0 Å². The van der Waals surface area contributed by atoms with Gasteiger partial charge in [-0.05, 0) is 31.6 Å². The highest BCUT2D eigenvalue weighted by Crippen LogP contribution is 2.29. The number of hydrogen-bond donors (Lipinski definition) is 1. The Bertz CT molecular complexity index is 463. The van der Waals surface area contributed by atoms with E-state index in [0.29, 0.717) is 5.92 Å². The minimum absolute atomic E-state index is 0.377. The average molecular weight is 264 g/mol. The van der Waals surface area contributed by atoms with Crippen LogP contribution in [-0.2, 0) is 22.5 Å². The minimum atomic E-state index is -0.728. The first kappa shape index (κ1) is 12.7. The minimum Gasteiger partial charge on any atom is -0.481 e. The highest BCUT2D eigenvalue weighted by atomic mass is 16.5. The van der Waals surface area contributed by atoms with Crippen LogP contribution in [0.1, 0.15) is 43.1 Å². The lowest BCUT2D eigenvalue weighted by Gasteiger charge is -2.25. The molecule has 0 radical (unpaired) electrons. The number of aliphatic carboxylic acids is 1. The molecule has 1 N–H and O–H groups in total. The second-order valence-corrected chi connectivity index (χ2v) is 5.57. The van der Waals surface area contributed by atoms with Crippen molar-refractivity contribution in [2.45, 2.75) is 44.6 Å². The fourth-order valence-corrected chi connectivity index (χ4v) is 3.21. The number of carbonyl (C=O) groups is 1. The first-order valence-corrected chi connectivity index (χ1v) is 7.10. The highest BCUT2D eigenvalue weighted by Gasteiger charge is 2.29. The van der Waals surface area contributed by atoms with E-state index in [-0.39, 0.29) is 5.92 Å². The molecule has 2 aliphatic rings. The fraction of sp³-hybridized carbons (Fsp3) is 0.714. The van der Waals surface area contributed by atoms with Crippen molar-refractivity contribution in [3.63, 3.8) is 0 Å². The predicted octanol–water partition coefficient (Wildman–Crippen LogP) is 1.81. The summed E-state index contributed by atoms with van der Waals surface area (Å²) in [4.78, 5) is 15.7. The Labute approximate surface area is 112 Å². The Hall–Kier alpha value is -1.36. The van der Waals surface area contributed by atoms with E-state index in [4.69, 9.17) is 4.74 Å². The lowest BCUT2D eigenvalue weighted by Crippen LogP contribution is -2.25. The molecular weight excluding hydrogens is 244 g/mol. The van der Waals surface area contributed by atoms with Crippen LogP contribution < -0.4 is 0 Å². The summed E-state index contributed by atoms with van der Waals surface area (Å²) < 4.78 is 7.63. The molecule has 0 aliphatic carbocycles. The molecule has 0 bridgehead atoms. The lowest BCUT2D eigenvalue weighted by atomic mass is 9.95. The number of rotatable bonds is 3. The second-order valence-electron chi connectivity index (χ2n) is 5.57. The van der Waals surface area contributed by atoms with Gasteiger partial charge in [-0.2, -0.15) is 0 Å². The van der Waals surface area contributed by atoms with Gasteiger partial charge in [-0.1, -0.05) is 0 Å². The number of aromatic nitrogens is 2. The molecule has 104 valence electrons. The van der Waals surface area contributed by atoms with Gasteiger partial charge in [-0.3, -0.25) is 4.79 Å². The van der Waals surface area contributed by atoms with E-state index in [0.717, 1.165) is 57.0 Å². The van der Waals surface area contributed by atoms with Gasteiger partial charge in [0.1, 0.15) is 5.82 Å². The fourth-order valence-electron chi connectivity index (χ4n) is 3.21. The van der Waals surface area contributed by atoms with Gasteiger partial charge in [0.05, 0.1) is 11.6 Å². The van der Waals surface area contributed by atoms with E-state index >= 15 is 0 Å². The third kappa shape index (κ3) is 2.52. The van der Waals surface area contributed by atoms with Gasteiger partial charge in [-0.25, -0.2) is 4.98 Å². The molecule has 1 saturated heterocycles. The molecule has 0 spiro atoms. The van der Waals surface area contributed by atoms with Crippen molar-refractivity contribution in [1.29, 1.82) is 0 Å². The summed E-state index contributed by atoms with van der Waals surface area (Å²) in [6.45, 7) is 2.59. The van der Waals surface area contributed by atoms with E-state index in [1.54, 1.807) is 6.20 Å². The molecule has 19 heavy (non-hydrogen) atoms. The number of nitrogens with zero attached hydrogens (tertiary/aromatic N) is 2. The summed E-state index contributed by atoms with van der Waals surface area (Å²) >= 11 is 0. The monoisotopic (exact) mass is 264 g/mol. The van der Waals surface area contributed by atoms with Gasteiger partial charge in [0.15, 0.2) is 0 Å². The Morgan fingerprint density at radius 3 is 3.11 bits per heavy atom. The Balaban J connectivity index is 1.78. The van der Waals surface area contributed by atoms with Crippen LogP contribution in [0.5, 0.6) is 0 Å². The second kappa shape index (κ2) is 5.33. The third-order valence-corrected chi connectivity index (χ3v) is 4.22. The van der Waals surface area contributed by atoms with Crippen molar-refractivity contribution in [3.8, 4) is 0 Å². The average Bonchev–Trinajstić information content (AvgIpc) is 2.83. The van der Waals surface area contributed by atoms with Crippen LogP contribution in [0.25, 0.3) is 0 Å². The number of carboxylic acid groups (broad SMARTS) is 1. The quantitative estimate of drug-likeness (QED) is 0.904. The number of carboxylic acids is 1. The van der Waals surface area contributed by atoms with Crippen LogP contribution in [0.2, 0.25) is 0 Å². The van der Waals surface area contributed by atoms with E-state index in [1.807, 2.05) is 0 Å². The Morgan fingerprint density at radius 2 is 2.37 bits per heavy atom. The molecule has 0 amide bonds. The van der Waals surface area contributed by atoms with E-state index in [1.165, 1.54) is 6.42 Å². The molecule has 2 atom stereocenters. The number of ether oxygens (including phenoxy) is 1. The molecule has 1 fully saturated rings. The molecule has 5 heteroatoms. The summed E-state index contributed by atoms with van der Waals surface area (Å²) in [7, 11) is 0. The molecule has 5 nitrogen and oxygen atoms in total. The third-order valence-electron chi connectivity index (χ3n) is 4.22. The number of fused-ring (bicyclic) bond motifs is 1. The lowest BCUT2D eigenvalue weighted by molar-refractivity contribution is -0.139. The van der Waals surface area contributed by atoms with Crippen molar-refractivity contribution in [1.82, 2.24) is 9.55 Å². The summed E-state index contributed by atoms with van der Waals surface area (Å²) in [5.74, 6) is 0.466. The zero-order valence-electron chi connectivity index (χ0n) is 11.0. The number of imidazole rings is 1. The van der Waals surface area contributed by atoms with Gasteiger partial charge in [0.2, 0.25) is 0 Å². The molecule has 2 aliphatic heterocycles. The van der Waals surface area contributed by atoms with Crippen LogP contribution in [0.4, 0.5) is 0 Å². The van der Waals surface area contributed by atoms with Crippen molar-refractivity contribution < 1.29 is 14.6 Å². The molecular formula is C14H20N2O3. The van der Waals surface area contributed by atoms with Gasteiger partial charge in [0.25, 0.3) is 0 Å². The van der Waals surface area contributed by atoms with Crippen LogP contribution >= 0.6 is 0 Å². The highest BCUT2D eigenvalue weighted by molar-refractivity contribution is 5.75. The van der Waals surface area contributed by atoms with Crippen LogP contribution in [0, 0.1) is 5.92 Å². The van der Waals surface area contributed by atoms with Gasteiger partial charge in [-0.15, -0.1) is 0 Å². The van der Waals surface area contributed by atoms with E-state index < -0.39 is 5.97 Å². The topological polar surface area (TPSA) is 64.3 Å². The molecule has 3 rings (SSSR count). The summed E-state index contributed by atoms with van der Waals surface area (Å²) in [5, 5.41) is 9.25. The first-order chi connectivity index (χ1) is 9.25. The molecule has 0 aromatic carbocycles. The molecule has 2 unspecified atom stereocenters. The molecule has 3 heterocycles. The molecule has 1 aromatic heterocycles. The van der Waals surface area contributed by atoms with Crippen LogP contribution in [0.15, 0.2) is 6.20 Å². The van der Waals surface area contributed by atoms with Crippen molar-refractivity contribution in [3.05, 3.63) is 17.7 Å². The summed E-state index contributed by atoms with van der Waals surface area (Å²) in [6.07, 6.45) is 6.63. The Kier molecular flexibility index (Phi) is 3.55. The van der Waals surface area contributed by atoms with Crippen molar-refractivity contribution >= 4 is 5.97 Å². The summed E-state index contributed by atoms with van der Waals surface area (Å²) in [6, 6.07) is 0. The standard InChI is InChI=1S/C14H20N2O3/c17-14(18)11-4-1-5-16-12(11)8-15-13(16)7-10-3-2-6-19-9-10/h8,10-11H,1-7,9H2,(H,17,18). The smallest absolute Gasteiger partial charge is 0.312 e. The first-order valence-electron chi connectivity index (χ1n) is 7.10. The largest absolute Gasteiger partial charge is 0.481 e. The Morgan fingerprint density at radius 1 is 1.47 bits per heavy atom. The van der Waals surface area contributed by atoms with Crippen molar-refractivity contribution in [2.75, 3.05) is 13.2 Å². The van der Waals surface area contributed by atoms with Gasteiger partial charge >= 0.3 is 5.97 Å². The van der Waals surface area contributed by atoms with E-state index in [9.17, 15) is 9.90 Å². The zero-order chi connectivity index (χ0) is 13.2. The normalized spacial score (nSPS) is 26.9. The van der Waals surface area contributed by atoms with Crippen molar-refractivity contribution in [2.24, 2.45) is 5.92 Å². The van der Waals surface area contributed by atoms with Crippen LogP contribution in [-0.4, -0.2) is 33.8 Å². The molecule has 1 aromatic rings. The predicted molar refractivity (Wildman–Crippen MR) is 69.1 cm³/mol. The maximum Gasteiger partial charge on any atom is 0.312 e.